The molecular formula is C22H26N3O3S-. The first kappa shape index (κ1) is 20.1. The molecule has 154 valence electrons. The highest BCUT2D eigenvalue weighted by molar-refractivity contribution is 7.80. The highest BCUT2D eigenvalue weighted by Gasteiger charge is 2.42. The van der Waals surface area contributed by atoms with E-state index in [4.69, 9.17) is 0 Å². The molecule has 0 radical (unpaired) electrons. The van der Waals surface area contributed by atoms with Crippen LogP contribution in [0.2, 0.25) is 0 Å². The lowest BCUT2D eigenvalue weighted by Crippen LogP contribution is -2.55. The van der Waals surface area contributed by atoms with Crippen LogP contribution in [0.5, 0.6) is 0 Å². The fraction of sp³-hybridized carbons (Fsp3) is 0.409. The molecule has 1 atom stereocenters. The summed E-state index contributed by atoms with van der Waals surface area (Å²) in [6, 6.07) is 17.4. The topological polar surface area (TPSA) is 75.7 Å². The van der Waals surface area contributed by atoms with Crippen molar-refractivity contribution in [2.75, 3.05) is 30.9 Å². The van der Waals surface area contributed by atoms with Crippen LogP contribution in [0.25, 0.3) is 0 Å². The average molecular weight is 413 g/mol. The van der Waals surface area contributed by atoms with Crippen molar-refractivity contribution in [2.45, 2.75) is 31.2 Å². The van der Waals surface area contributed by atoms with Crippen LogP contribution in [0.4, 0.5) is 5.69 Å². The van der Waals surface area contributed by atoms with Crippen molar-refractivity contribution < 1.29 is 13.6 Å². The fourth-order valence-electron chi connectivity index (χ4n) is 4.79. The largest absolute Gasteiger partial charge is 0.755 e. The van der Waals surface area contributed by atoms with E-state index in [1.807, 2.05) is 4.90 Å². The molecule has 2 aliphatic rings. The first-order valence-electron chi connectivity index (χ1n) is 10.1. The molecule has 1 heterocycles. The molecule has 0 spiro atoms. The predicted octanol–water partition coefficient (Wildman–Crippen LogP) is 3.12. The zero-order valence-corrected chi connectivity index (χ0v) is 17.2. The zero-order valence-electron chi connectivity index (χ0n) is 16.4. The lowest BCUT2D eigenvalue weighted by Gasteiger charge is -2.46. The normalized spacial score (nSPS) is 20.4. The van der Waals surface area contributed by atoms with Crippen LogP contribution in [0.3, 0.4) is 0 Å². The third-order valence-corrected chi connectivity index (χ3v) is 6.65. The van der Waals surface area contributed by atoms with Crippen LogP contribution in [0.15, 0.2) is 54.6 Å². The van der Waals surface area contributed by atoms with Gasteiger partial charge < -0.3 is 14.2 Å². The molecule has 2 aromatic rings. The van der Waals surface area contributed by atoms with Gasteiger partial charge in [-0.25, -0.2) is 0 Å². The van der Waals surface area contributed by atoms with Crippen LogP contribution < -0.4 is 4.72 Å². The summed E-state index contributed by atoms with van der Waals surface area (Å²) in [6.45, 7) is 3.15. The molecule has 1 amide bonds. The Labute approximate surface area is 174 Å². The first-order valence-corrected chi connectivity index (χ1v) is 11.2. The van der Waals surface area contributed by atoms with Gasteiger partial charge in [-0.1, -0.05) is 43.2 Å². The lowest BCUT2D eigenvalue weighted by atomic mass is 9.85. The minimum atomic E-state index is -2.36. The highest BCUT2D eigenvalue weighted by atomic mass is 32.2. The van der Waals surface area contributed by atoms with Crippen LogP contribution in [-0.4, -0.2) is 50.6 Å². The SMILES string of the molecule is O=C(c1ccc(NS(=O)[O-])cc1)N1CCN(C2(c3ccccc3)CCCC2)CC1. The van der Waals surface area contributed by atoms with E-state index in [0.717, 1.165) is 13.1 Å². The second kappa shape index (κ2) is 8.65. The number of carbonyl (C=O) groups excluding carboxylic acids is 1. The number of amides is 1. The highest BCUT2D eigenvalue weighted by Crippen LogP contribution is 2.44. The lowest BCUT2D eigenvalue weighted by molar-refractivity contribution is 0.0278. The van der Waals surface area contributed by atoms with Crippen molar-refractivity contribution in [2.24, 2.45) is 0 Å². The Morgan fingerprint density at radius 3 is 2.14 bits per heavy atom. The fourth-order valence-corrected chi connectivity index (χ4v) is 5.12. The van der Waals surface area contributed by atoms with Gasteiger partial charge >= 0.3 is 0 Å². The van der Waals surface area contributed by atoms with Gasteiger partial charge in [-0.2, -0.15) is 0 Å². The van der Waals surface area contributed by atoms with Crippen molar-refractivity contribution in [3.05, 3.63) is 65.7 Å². The molecule has 29 heavy (non-hydrogen) atoms. The van der Waals surface area contributed by atoms with Crippen molar-refractivity contribution in [3.8, 4) is 0 Å². The minimum absolute atomic E-state index is 0.000344. The Morgan fingerprint density at radius 2 is 1.55 bits per heavy atom. The molecule has 1 saturated heterocycles. The van der Waals surface area contributed by atoms with Crippen LogP contribution in [0, 0.1) is 0 Å². The molecular weight excluding hydrogens is 386 g/mol. The number of hydrogen-bond donors (Lipinski definition) is 1. The predicted molar refractivity (Wildman–Crippen MR) is 113 cm³/mol. The summed E-state index contributed by atoms with van der Waals surface area (Å²) in [6.07, 6.45) is 4.87. The maximum atomic E-state index is 12.9. The number of benzene rings is 2. The van der Waals surface area contributed by atoms with Crippen molar-refractivity contribution >= 4 is 22.9 Å². The van der Waals surface area contributed by atoms with Crippen LogP contribution in [0.1, 0.15) is 41.6 Å². The third-order valence-electron chi connectivity index (χ3n) is 6.25. The van der Waals surface area contributed by atoms with E-state index in [0.29, 0.717) is 24.3 Å². The Balaban J connectivity index is 1.42. The van der Waals surface area contributed by atoms with E-state index in [1.165, 1.54) is 31.2 Å². The van der Waals surface area contributed by atoms with Gasteiger partial charge in [-0.3, -0.25) is 13.9 Å². The number of piperazine rings is 1. The van der Waals surface area contributed by atoms with E-state index < -0.39 is 11.3 Å². The molecule has 1 N–H and O–H groups in total. The summed E-state index contributed by atoms with van der Waals surface area (Å²) >= 11 is -2.36. The molecule has 4 rings (SSSR count). The summed E-state index contributed by atoms with van der Waals surface area (Å²) in [5.74, 6) is -0.000344. The van der Waals surface area contributed by atoms with E-state index in [1.54, 1.807) is 24.3 Å². The second-order valence-electron chi connectivity index (χ2n) is 7.80. The molecule has 2 aromatic carbocycles. The number of hydrogen-bond acceptors (Lipinski definition) is 4. The maximum absolute atomic E-state index is 12.9. The summed E-state index contributed by atoms with van der Waals surface area (Å²) in [5.41, 5.74) is 2.54. The molecule has 6 nitrogen and oxygen atoms in total. The molecule has 7 heteroatoms. The standard InChI is InChI=1S/C22H27N3O3S/c26-21(18-8-10-20(11-9-18)23-29(27)28)24-14-16-25(17-15-24)22(12-4-5-13-22)19-6-2-1-3-7-19/h1-3,6-11,23H,4-5,12-17H2,(H,27,28)/p-1. The molecule has 1 saturated carbocycles. The van der Waals surface area contributed by atoms with E-state index >= 15 is 0 Å². The number of nitrogens with zero attached hydrogens (tertiary/aromatic N) is 2. The van der Waals surface area contributed by atoms with Gasteiger partial charge in [0.05, 0.1) is 0 Å². The number of nitrogens with one attached hydrogen (secondary N) is 1. The average Bonchev–Trinajstić information content (AvgIpc) is 3.25. The molecule has 2 fully saturated rings. The number of rotatable bonds is 5. The summed E-state index contributed by atoms with van der Waals surface area (Å²) < 4.78 is 23.7. The molecule has 1 unspecified atom stereocenters. The Morgan fingerprint density at radius 1 is 0.931 bits per heavy atom. The minimum Gasteiger partial charge on any atom is -0.755 e. The first-order chi connectivity index (χ1) is 14.1. The van der Waals surface area contributed by atoms with Gasteiger partial charge in [0, 0.05) is 54.2 Å². The summed E-state index contributed by atoms with van der Waals surface area (Å²) in [4.78, 5) is 17.4. The van der Waals surface area contributed by atoms with E-state index in [9.17, 15) is 13.6 Å². The van der Waals surface area contributed by atoms with E-state index in [-0.39, 0.29) is 11.4 Å². The van der Waals surface area contributed by atoms with Gasteiger partial charge in [0.25, 0.3) is 5.91 Å². The van der Waals surface area contributed by atoms with Gasteiger partial charge in [0.15, 0.2) is 0 Å². The zero-order chi connectivity index (χ0) is 20.3. The molecule has 1 aliphatic heterocycles. The molecule has 0 bridgehead atoms. The van der Waals surface area contributed by atoms with Gasteiger partial charge in [0.2, 0.25) is 0 Å². The third kappa shape index (κ3) is 4.22. The Bertz CT molecular complexity index is 859. The molecule has 0 aromatic heterocycles. The van der Waals surface area contributed by atoms with Gasteiger partial charge in [-0.15, -0.1) is 0 Å². The number of anilines is 1. The summed E-state index contributed by atoms with van der Waals surface area (Å²) in [5, 5.41) is 0. The van der Waals surface area contributed by atoms with Crippen molar-refractivity contribution in [1.82, 2.24) is 9.80 Å². The Kier molecular flexibility index (Phi) is 5.99. The quantitative estimate of drug-likeness (QED) is 0.766. The van der Waals surface area contributed by atoms with Crippen molar-refractivity contribution in [3.63, 3.8) is 0 Å². The maximum Gasteiger partial charge on any atom is 0.253 e. The van der Waals surface area contributed by atoms with Crippen LogP contribution >= 0.6 is 0 Å². The smallest absolute Gasteiger partial charge is 0.253 e. The monoisotopic (exact) mass is 412 g/mol. The van der Waals surface area contributed by atoms with Gasteiger partial charge in [0.1, 0.15) is 0 Å². The van der Waals surface area contributed by atoms with Crippen molar-refractivity contribution in [1.29, 1.82) is 0 Å². The summed E-state index contributed by atoms with van der Waals surface area (Å²) in [7, 11) is 0. The molecule has 1 aliphatic carbocycles. The van der Waals surface area contributed by atoms with E-state index in [2.05, 4.69) is 40.0 Å². The second-order valence-corrected chi connectivity index (χ2v) is 8.47. The Hall–Kier alpha value is -2.22. The van der Waals surface area contributed by atoms with Crippen LogP contribution in [-0.2, 0) is 16.8 Å². The number of carbonyl (C=O) groups is 1. The van der Waals surface area contributed by atoms with Gasteiger partial charge in [-0.05, 0) is 42.7 Å².